The fourth-order valence-electron chi connectivity index (χ4n) is 4.22. The number of hydrogen-bond acceptors (Lipinski definition) is 9. The Morgan fingerprint density at radius 2 is 0.897 bits per heavy atom. The number of rotatable bonds is 2. The maximum Gasteiger partial charge on any atom is 0.202 e. The van der Waals surface area contributed by atoms with E-state index >= 15 is 0 Å². The van der Waals surface area contributed by atoms with Crippen molar-refractivity contribution in [3.8, 4) is 40.2 Å². The highest BCUT2D eigenvalue weighted by molar-refractivity contribution is 6.32. The van der Waals surface area contributed by atoms with Gasteiger partial charge >= 0.3 is 0 Å². The Bertz CT molecular complexity index is 1570. The van der Waals surface area contributed by atoms with Crippen LogP contribution in [-0.2, 0) is 0 Å². The minimum atomic E-state index is -0.825. The van der Waals surface area contributed by atoms with E-state index in [0.717, 1.165) is 17.7 Å². The summed E-state index contributed by atoms with van der Waals surface area (Å²) in [6.45, 7) is 2.93. The van der Waals surface area contributed by atoms with Gasteiger partial charge in [0.2, 0.25) is 11.6 Å². The van der Waals surface area contributed by atoms with E-state index in [0.29, 0.717) is 5.56 Å². The highest BCUT2D eigenvalue weighted by Gasteiger charge is 2.39. The second-order valence-corrected chi connectivity index (χ2v) is 8.99. The number of aryl methyl sites for hydroxylation is 2. The monoisotopic (exact) mass is 528 g/mol. The first-order chi connectivity index (χ1) is 18.4. The molecule has 198 valence electrons. The molecule has 0 radical (unpaired) electrons. The van der Waals surface area contributed by atoms with Gasteiger partial charge in [0.1, 0.15) is 40.2 Å². The lowest BCUT2D eigenvalue weighted by molar-refractivity contribution is 0.0969. The van der Waals surface area contributed by atoms with Crippen LogP contribution in [-0.4, -0.2) is 47.3 Å². The highest BCUT2D eigenvalue weighted by atomic mass is 16.3. The molecular weight excluding hydrogens is 504 g/mol. The van der Waals surface area contributed by atoms with Gasteiger partial charge in [-0.1, -0.05) is 24.3 Å². The molecule has 9 nitrogen and oxygen atoms in total. The van der Waals surface area contributed by atoms with Crippen molar-refractivity contribution in [1.29, 1.82) is 0 Å². The van der Waals surface area contributed by atoms with Crippen LogP contribution in [0.4, 0.5) is 0 Å². The van der Waals surface area contributed by atoms with E-state index < -0.39 is 34.6 Å². The number of ketones is 2. The molecule has 0 heterocycles. The predicted molar refractivity (Wildman–Crippen MR) is 143 cm³/mol. The van der Waals surface area contributed by atoms with E-state index in [-0.39, 0.29) is 50.6 Å². The zero-order valence-corrected chi connectivity index (χ0v) is 20.8. The molecule has 0 atom stereocenters. The summed E-state index contributed by atoms with van der Waals surface area (Å²) >= 11 is 0. The Hall–Kier alpha value is -5.44. The third-order valence-electron chi connectivity index (χ3n) is 6.13. The molecule has 9 heteroatoms. The minimum absolute atomic E-state index is 0.0235. The molecule has 7 N–H and O–H groups in total. The summed E-state index contributed by atoms with van der Waals surface area (Å²) in [6, 6.07) is 13.4. The zero-order valence-electron chi connectivity index (χ0n) is 20.8. The first-order valence-electron chi connectivity index (χ1n) is 11.6. The molecule has 0 spiro atoms. The second-order valence-electron chi connectivity index (χ2n) is 8.99. The molecule has 0 aliphatic heterocycles. The van der Waals surface area contributed by atoms with Crippen LogP contribution < -0.4 is 0 Å². The molecule has 0 saturated carbocycles. The topological polar surface area (TPSA) is 176 Å². The van der Waals surface area contributed by atoms with Gasteiger partial charge in [0.25, 0.3) is 0 Å². The number of hydrogen-bond donors (Lipinski definition) is 7. The quantitative estimate of drug-likeness (QED) is 0.124. The van der Waals surface area contributed by atoms with Gasteiger partial charge in [-0.3, -0.25) is 9.59 Å². The van der Waals surface area contributed by atoms with Crippen LogP contribution in [0.25, 0.3) is 12.2 Å². The zero-order chi connectivity index (χ0) is 28.6. The molecule has 0 fully saturated rings. The average molecular weight is 529 g/mol. The maximum absolute atomic E-state index is 12.6. The van der Waals surface area contributed by atoms with Crippen molar-refractivity contribution in [3.63, 3.8) is 0 Å². The molecule has 5 rings (SSSR count). The van der Waals surface area contributed by atoms with Crippen molar-refractivity contribution < 1.29 is 45.3 Å². The van der Waals surface area contributed by atoms with Crippen molar-refractivity contribution in [2.75, 3.05) is 0 Å². The van der Waals surface area contributed by atoms with E-state index in [4.69, 9.17) is 5.11 Å². The summed E-state index contributed by atoms with van der Waals surface area (Å²) < 4.78 is 0. The lowest BCUT2D eigenvalue weighted by Gasteiger charge is -2.22. The van der Waals surface area contributed by atoms with Crippen molar-refractivity contribution in [2.45, 2.75) is 13.8 Å². The lowest BCUT2D eigenvalue weighted by atomic mass is 9.80. The summed E-state index contributed by atoms with van der Waals surface area (Å²) in [4.78, 5) is 25.1. The largest absolute Gasteiger partial charge is 0.508 e. The SMILES string of the molecule is Cc1cc(O)c2c(c1O)C(=O)c1c(O)cc(C)c(O)c1C2=O.Oc1ccc(C=Cc2cc(O)cc(O)c2)cc1. The number of benzene rings is 4. The number of fused-ring (bicyclic) bond motifs is 2. The van der Waals surface area contributed by atoms with Crippen LogP contribution in [0.15, 0.2) is 54.6 Å². The molecule has 4 aromatic rings. The third-order valence-corrected chi connectivity index (χ3v) is 6.13. The van der Waals surface area contributed by atoms with Gasteiger partial charge in [-0.05, 0) is 72.5 Å². The molecule has 0 bridgehead atoms. The van der Waals surface area contributed by atoms with Gasteiger partial charge in [-0.25, -0.2) is 0 Å². The van der Waals surface area contributed by atoms with E-state index in [2.05, 4.69) is 0 Å². The number of carbonyl (C=O) groups is 2. The summed E-state index contributed by atoms with van der Waals surface area (Å²) in [5.74, 6) is -3.18. The van der Waals surface area contributed by atoms with Crippen LogP contribution in [0.2, 0.25) is 0 Å². The molecule has 0 unspecified atom stereocenters. The fourth-order valence-corrected chi connectivity index (χ4v) is 4.22. The standard InChI is InChI=1S/C16H12O6.C14H12O3/c1-5-3-7(17)9-11(13(5)19)15(21)10-8(18)4-6(2)14(20)12(10)16(9)22;15-12-5-3-10(4-6-12)1-2-11-7-13(16)9-14(17)8-11/h3-4,17-20H,1-2H3;1-9,15-17H. The summed E-state index contributed by atoms with van der Waals surface area (Å²) in [7, 11) is 0. The first kappa shape index (κ1) is 26.6. The molecule has 0 saturated heterocycles. The van der Waals surface area contributed by atoms with Gasteiger partial charge in [-0.2, -0.15) is 0 Å². The van der Waals surface area contributed by atoms with Crippen LogP contribution in [0, 0.1) is 13.8 Å². The van der Waals surface area contributed by atoms with Gasteiger partial charge < -0.3 is 35.7 Å². The Balaban J connectivity index is 0.000000187. The molecule has 39 heavy (non-hydrogen) atoms. The second kappa shape index (κ2) is 10.1. The lowest BCUT2D eigenvalue weighted by Crippen LogP contribution is -2.22. The van der Waals surface area contributed by atoms with Crippen molar-refractivity contribution in [3.05, 3.63) is 99.1 Å². The van der Waals surface area contributed by atoms with Gasteiger partial charge in [-0.15, -0.1) is 0 Å². The molecule has 1 aliphatic carbocycles. The van der Waals surface area contributed by atoms with Crippen molar-refractivity contribution in [2.24, 2.45) is 0 Å². The Morgan fingerprint density at radius 1 is 0.487 bits per heavy atom. The minimum Gasteiger partial charge on any atom is -0.508 e. The van der Waals surface area contributed by atoms with Gasteiger partial charge in [0.05, 0.1) is 22.3 Å². The van der Waals surface area contributed by atoms with Crippen LogP contribution in [0.5, 0.6) is 40.2 Å². The van der Waals surface area contributed by atoms with Crippen molar-refractivity contribution in [1.82, 2.24) is 0 Å². The molecule has 0 aromatic heterocycles. The summed E-state index contributed by atoms with van der Waals surface area (Å²) in [5.41, 5.74) is 0.582. The number of carbonyl (C=O) groups excluding carboxylic acids is 2. The normalized spacial score (nSPS) is 12.1. The van der Waals surface area contributed by atoms with E-state index in [1.165, 1.54) is 19.9 Å². The molecular formula is C30H24O9. The predicted octanol–water partition coefficient (Wildman–Crippen LogP) is 4.88. The van der Waals surface area contributed by atoms with Crippen LogP contribution in [0.1, 0.15) is 54.1 Å². The first-order valence-corrected chi connectivity index (χ1v) is 11.6. The van der Waals surface area contributed by atoms with E-state index in [1.54, 1.807) is 42.5 Å². The van der Waals surface area contributed by atoms with E-state index in [9.17, 15) is 40.2 Å². The smallest absolute Gasteiger partial charge is 0.202 e. The summed E-state index contributed by atoms with van der Waals surface area (Å²) in [5, 5.41) is 67.8. The Labute approximate surface area is 222 Å². The van der Waals surface area contributed by atoms with E-state index in [1.807, 2.05) is 6.08 Å². The third kappa shape index (κ3) is 5.05. The number of phenols is 7. The highest BCUT2D eigenvalue weighted by Crippen LogP contribution is 2.45. The van der Waals surface area contributed by atoms with Gasteiger partial charge in [0, 0.05) is 6.07 Å². The van der Waals surface area contributed by atoms with Gasteiger partial charge in [0.15, 0.2) is 0 Å². The van der Waals surface area contributed by atoms with Crippen molar-refractivity contribution >= 4 is 23.7 Å². The molecule has 4 aromatic carbocycles. The average Bonchev–Trinajstić information content (AvgIpc) is 2.86. The Kier molecular flexibility index (Phi) is 6.92. The molecule has 1 aliphatic rings. The summed E-state index contributed by atoms with van der Waals surface area (Å²) in [6.07, 6.45) is 3.60. The number of aromatic hydroxyl groups is 7. The molecule has 0 amide bonds. The fraction of sp³-hybridized carbons (Fsp3) is 0.0667. The number of phenolic OH excluding ortho intramolecular Hbond substituents is 7. The van der Waals surface area contributed by atoms with Crippen LogP contribution in [0.3, 0.4) is 0 Å². The maximum atomic E-state index is 12.6. The van der Waals surface area contributed by atoms with Crippen LogP contribution >= 0.6 is 0 Å². The Morgan fingerprint density at radius 3 is 1.33 bits per heavy atom.